The van der Waals surface area contributed by atoms with Gasteiger partial charge < -0.3 is 5.73 Å². The average molecular weight is 311 g/mol. The SMILES string of the molecule is Nc1ccc2c(n1)C(c1ccccc1Cl)=NCc1nncn1-2. The van der Waals surface area contributed by atoms with E-state index in [9.17, 15) is 0 Å². The van der Waals surface area contributed by atoms with Crippen molar-refractivity contribution in [2.75, 3.05) is 5.73 Å². The number of hydrogen-bond donors (Lipinski definition) is 1. The van der Waals surface area contributed by atoms with E-state index in [0.29, 0.717) is 28.8 Å². The van der Waals surface area contributed by atoms with E-state index in [4.69, 9.17) is 17.3 Å². The molecular formula is C15H11ClN6. The molecular weight excluding hydrogens is 300 g/mol. The van der Waals surface area contributed by atoms with Gasteiger partial charge in [0.2, 0.25) is 0 Å². The summed E-state index contributed by atoms with van der Waals surface area (Å²) in [5.74, 6) is 1.17. The van der Waals surface area contributed by atoms with E-state index < -0.39 is 0 Å². The van der Waals surface area contributed by atoms with Crippen molar-refractivity contribution in [1.82, 2.24) is 19.7 Å². The molecule has 0 aliphatic carbocycles. The van der Waals surface area contributed by atoms with Gasteiger partial charge in [-0.05, 0) is 18.2 Å². The lowest BCUT2D eigenvalue weighted by Gasteiger charge is -2.11. The minimum atomic E-state index is 0.400. The maximum absolute atomic E-state index is 6.33. The molecule has 0 saturated carbocycles. The number of nitrogens with zero attached hydrogens (tertiary/aromatic N) is 5. The lowest BCUT2D eigenvalue weighted by molar-refractivity contribution is 0.869. The first-order chi connectivity index (χ1) is 10.7. The summed E-state index contributed by atoms with van der Waals surface area (Å²) in [4.78, 5) is 9.10. The minimum Gasteiger partial charge on any atom is -0.384 e. The van der Waals surface area contributed by atoms with Crippen LogP contribution in [0.4, 0.5) is 5.82 Å². The molecule has 7 heteroatoms. The van der Waals surface area contributed by atoms with Crippen molar-refractivity contribution < 1.29 is 0 Å². The number of halogens is 1. The molecule has 2 aromatic heterocycles. The fraction of sp³-hybridized carbons (Fsp3) is 0.0667. The summed E-state index contributed by atoms with van der Waals surface area (Å²) < 4.78 is 1.87. The Hall–Kier alpha value is -2.73. The topological polar surface area (TPSA) is 82.0 Å². The van der Waals surface area contributed by atoms with E-state index >= 15 is 0 Å². The predicted octanol–water partition coefficient (Wildman–Crippen LogP) is 2.25. The van der Waals surface area contributed by atoms with Crippen molar-refractivity contribution in [3.63, 3.8) is 0 Å². The highest BCUT2D eigenvalue weighted by atomic mass is 35.5. The number of nitrogens with two attached hydrogens (primary N) is 1. The van der Waals surface area contributed by atoms with Gasteiger partial charge >= 0.3 is 0 Å². The molecule has 4 rings (SSSR count). The number of pyridine rings is 1. The van der Waals surface area contributed by atoms with E-state index in [1.165, 1.54) is 0 Å². The van der Waals surface area contributed by atoms with Crippen LogP contribution in [-0.4, -0.2) is 25.5 Å². The van der Waals surface area contributed by atoms with Gasteiger partial charge in [-0.25, -0.2) is 4.98 Å². The van der Waals surface area contributed by atoms with Gasteiger partial charge in [-0.2, -0.15) is 0 Å². The highest BCUT2D eigenvalue weighted by Gasteiger charge is 2.22. The second-order valence-corrected chi connectivity index (χ2v) is 5.27. The Kier molecular flexibility index (Phi) is 2.90. The van der Waals surface area contributed by atoms with E-state index in [-0.39, 0.29) is 0 Å². The fourth-order valence-electron chi connectivity index (χ4n) is 2.49. The Morgan fingerprint density at radius 2 is 2.00 bits per heavy atom. The summed E-state index contributed by atoms with van der Waals surface area (Å²) >= 11 is 6.33. The Balaban J connectivity index is 2.01. The number of fused-ring (bicyclic) bond motifs is 3. The van der Waals surface area contributed by atoms with Gasteiger partial charge in [-0.3, -0.25) is 9.56 Å². The van der Waals surface area contributed by atoms with Crippen LogP contribution >= 0.6 is 11.6 Å². The fourth-order valence-corrected chi connectivity index (χ4v) is 2.72. The molecule has 1 aliphatic rings. The van der Waals surface area contributed by atoms with E-state index in [0.717, 1.165) is 17.1 Å². The minimum absolute atomic E-state index is 0.400. The molecule has 3 aromatic rings. The summed E-state index contributed by atoms with van der Waals surface area (Å²) in [5, 5.41) is 8.66. The van der Waals surface area contributed by atoms with Crippen molar-refractivity contribution in [1.29, 1.82) is 0 Å². The van der Waals surface area contributed by atoms with Crippen molar-refractivity contribution in [2.45, 2.75) is 6.54 Å². The van der Waals surface area contributed by atoms with E-state index in [1.54, 1.807) is 12.4 Å². The molecule has 22 heavy (non-hydrogen) atoms. The van der Waals surface area contributed by atoms with Crippen LogP contribution < -0.4 is 5.73 Å². The Labute approximate surface area is 131 Å². The predicted molar refractivity (Wildman–Crippen MR) is 84.4 cm³/mol. The van der Waals surface area contributed by atoms with Crippen LogP contribution in [0.1, 0.15) is 17.1 Å². The van der Waals surface area contributed by atoms with Gasteiger partial charge in [-0.1, -0.05) is 29.8 Å². The van der Waals surface area contributed by atoms with Crippen LogP contribution in [0.5, 0.6) is 0 Å². The molecule has 2 N–H and O–H groups in total. The summed E-state index contributed by atoms with van der Waals surface area (Å²) in [6.07, 6.45) is 1.65. The number of hydrogen-bond acceptors (Lipinski definition) is 5. The van der Waals surface area contributed by atoms with Gasteiger partial charge in [0.05, 0.1) is 16.4 Å². The second-order valence-electron chi connectivity index (χ2n) is 4.87. The first-order valence-electron chi connectivity index (χ1n) is 6.69. The molecule has 1 aromatic carbocycles. The average Bonchev–Trinajstić information content (AvgIpc) is 2.92. The third-order valence-corrected chi connectivity index (χ3v) is 3.83. The Bertz CT molecular complexity index is 899. The smallest absolute Gasteiger partial charge is 0.159 e. The van der Waals surface area contributed by atoms with Crippen LogP contribution in [0.25, 0.3) is 5.69 Å². The monoisotopic (exact) mass is 310 g/mol. The zero-order valence-electron chi connectivity index (χ0n) is 11.4. The molecule has 1 aliphatic heterocycles. The summed E-state index contributed by atoms with van der Waals surface area (Å²) in [6.45, 7) is 0.400. The first kappa shape index (κ1) is 13.0. The largest absolute Gasteiger partial charge is 0.384 e. The molecule has 0 amide bonds. The zero-order valence-corrected chi connectivity index (χ0v) is 12.2. The van der Waals surface area contributed by atoms with Gasteiger partial charge in [0.25, 0.3) is 0 Å². The number of anilines is 1. The van der Waals surface area contributed by atoms with E-state index in [2.05, 4.69) is 20.2 Å². The van der Waals surface area contributed by atoms with E-state index in [1.807, 2.05) is 34.9 Å². The van der Waals surface area contributed by atoms with Crippen LogP contribution in [0, 0.1) is 0 Å². The van der Waals surface area contributed by atoms with Crippen LogP contribution in [0.15, 0.2) is 47.7 Å². The van der Waals surface area contributed by atoms with Crippen LogP contribution in [0.3, 0.4) is 0 Å². The molecule has 0 atom stereocenters. The van der Waals surface area contributed by atoms with Gasteiger partial charge in [0.1, 0.15) is 24.4 Å². The van der Waals surface area contributed by atoms with Gasteiger partial charge in [0, 0.05) is 5.56 Å². The normalized spacial score (nSPS) is 13.0. The number of benzene rings is 1. The maximum atomic E-state index is 6.33. The number of rotatable bonds is 1. The number of aromatic nitrogens is 4. The molecule has 3 heterocycles. The molecule has 0 bridgehead atoms. The lowest BCUT2D eigenvalue weighted by atomic mass is 10.1. The molecule has 6 nitrogen and oxygen atoms in total. The molecule has 0 unspecified atom stereocenters. The van der Waals surface area contributed by atoms with Crippen molar-refractivity contribution in [3.8, 4) is 5.69 Å². The highest BCUT2D eigenvalue weighted by Crippen LogP contribution is 2.26. The number of nitrogen functional groups attached to an aromatic ring is 1. The molecule has 0 radical (unpaired) electrons. The Morgan fingerprint density at radius 1 is 1.14 bits per heavy atom. The van der Waals surface area contributed by atoms with Crippen LogP contribution in [-0.2, 0) is 6.54 Å². The Morgan fingerprint density at radius 3 is 2.86 bits per heavy atom. The molecule has 0 spiro atoms. The summed E-state index contributed by atoms with van der Waals surface area (Å²) in [5.41, 5.74) is 8.91. The second kappa shape index (κ2) is 4.92. The molecule has 108 valence electrons. The standard InChI is InChI=1S/C15H11ClN6/c16-10-4-2-1-3-9(10)14-15-11(5-6-12(17)20-15)22-8-19-21-13(22)7-18-14/h1-6,8H,7H2,(H2,17,20). The maximum Gasteiger partial charge on any atom is 0.159 e. The van der Waals surface area contributed by atoms with Gasteiger partial charge in [-0.15, -0.1) is 10.2 Å². The molecule has 0 saturated heterocycles. The summed E-state index contributed by atoms with van der Waals surface area (Å²) in [7, 11) is 0. The number of aliphatic imine (C=N–C) groups is 1. The van der Waals surface area contributed by atoms with Crippen LogP contribution in [0.2, 0.25) is 5.02 Å². The lowest BCUT2D eigenvalue weighted by Crippen LogP contribution is -2.11. The van der Waals surface area contributed by atoms with Gasteiger partial charge in [0.15, 0.2) is 5.82 Å². The third-order valence-electron chi connectivity index (χ3n) is 3.51. The highest BCUT2D eigenvalue weighted by molar-refractivity contribution is 6.35. The third kappa shape index (κ3) is 1.96. The zero-order chi connectivity index (χ0) is 15.1. The van der Waals surface area contributed by atoms with Crippen molar-refractivity contribution in [3.05, 3.63) is 64.8 Å². The quantitative estimate of drug-likeness (QED) is 0.747. The van der Waals surface area contributed by atoms with Crippen molar-refractivity contribution >= 4 is 23.1 Å². The van der Waals surface area contributed by atoms with Crippen molar-refractivity contribution in [2.24, 2.45) is 4.99 Å². The first-order valence-corrected chi connectivity index (χ1v) is 7.07. The summed E-state index contributed by atoms with van der Waals surface area (Å²) in [6, 6.07) is 11.2. The molecule has 0 fully saturated rings.